The molecule has 0 aliphatic carbocycles. The van der Waals surface area contributed by atoms with Gasteiger partial charge in [-0.1, -0.05) is 17.7 Å². The summed E-state index contributed by atoms with van der Waals surface area (Å²) in [6, 6.07) is 13.3. The summed E-state index contributed by atoms with van der Waals surface area (Å²) < 4.78 is 5.98. The number of rotatable bonds is 6. The van der Waals surface area contributed by atoms with Crippen LogP contribution in [-0.4, -0.2) is 29.3 Å². The number of hydrogen-bond donors (Lipinski definition) is 1. The molecule has 0 spiro atoms. The summed E-state index contributed by atoms with van der Waals surface area (Å²) in [5.74, 6) is 0.521. The molecule has 1 aliphatic heterocycles. The largest absolute Gasteiger partial charge is 0.486 e. The normalized spacial score (nSPS) is 15.3. The van der Waals surface area contributed by atoms with Gasteiger partial charge in [0, 0.05) is 29.1 Å². The monoisotopic (exact) mass is 452 g/mol. The third kappa shape index (κ3) is 4.86. The Kier molecular flexibility index (Phi) is 6.20. The number of allylic oxidation sites excluding steroid dienone is 1. The number of Topliss-reactive ketones (excluding diaryl/α,β-unsaturated/α-hetero) is 1. The second-order valence-corrected chi connectivity index (χ2v) is 8.89. The standard InChI is InChI=1S/C24H21ClN2O3S/c1-14(20-5-3-4-8-26-20)9-23(29)27-13-18-11-17-10-16(12-19(25)24(17)30-18)22-7-6-21(31-22)15(2)28/h3-10,12,18H,11,13H2,1-2H3,(H,27,29)/b14-9+. The summed E-state index contributed by atoms with van der Waals surface area (Å²) in [4.78, 5) is 29.8. The topological polar surface area (TPSA) is 68.3 Å². The first kappa shape index (κ1) is 21.3. The van der Waals surface area contributed by atoms with Crippen LogP contribution in [0.4, 0.5) is 0 Å². The lowest BCUT2D eigenvalue weighted by atomic mass is 10.1. The Morgan fingerprint density at radius 3 is 2.81 bits per heavy atom. The van der Waals surface area contributed by atoms with E-state index < -0.39 is 0 Å². The van der Waals surface area contributed by atoms with E-state index in [4.69, 9.17) is 16.3 Å². The molecule has 1 unspecified atom stereocenters. The number of halogens is 1. The van der Waals surface area contributed by atoms with Crippen LogP contribution in [0.2, 0.25) is 5.02 Å². The summed E-state index contributed by atoms with van der Waals surface area (Å²) >= 11 is 7.92. The molecular weight excluding hydrogens is 432 g/mol. The van der Waals surface area contributed by atoms with Crippen molar-refractivity contribution >= 4 is 40.2 Å². The molecule has 7 heteroatoms. The zero-order valence-electron chi connectivity index (χ0n) is 17.1. The number of benzene rings is 1. The van der Waals surface area contributed by atoms with Gasteiger partial charge in [-0.15, -0.1) is 11.3 Å². The number of pyridine rings is 1. The van der Waals surface area contributed by atoms with Crippen molar-refractivity contribution in [1.82, 2.24) is 10.3 Å². The summed E-state index contributed by atoms with van der Waals surface area (Å²) in [5.41, 5.74) is 3.52. The van der Waals surface area contributed by atoms with E-state index in [1.807, 2.05) is 49.4 Å². The Balaban J connectivity index is 1.41. The number of nitrogens with zero attached hydrogens (tertiary/aromatic N) is 1. The average Bonchev–Trinajstić information content (AvgIpc) is 3.40. The minimum Gasteiger partial charge on any atom is -0.486 e. The highest BCUT2D eigenvalue weighted by Gasteiger charge is 2.26. The smallest absolute Gasteiger partial charge is 0.244 e. The van der Waals surface area contributed by atoms with Gasteiger partial charge in [-0.3, -0.25) is 14.6 Å². The van der Waals surface area contributed by atoms with Crippen molar-refractivity contribution in [2.45, 2.75) is 26.4 Å². The second-order valence-electron chi connectivity index (χ2n) is 7.40. The maximum atomic E-state index is 12.3. The predicted molar refractivity (Wildman–Crippen MR) is 124 cm³/mol. The van der Waals surface area contributed by atoms with Crippen molar-refractivity contribution in [2.24, 2.45) is 0 Å². The molecule has 31 heavy (non-hydrogen) atoms. The lowest BCUT2D eigenvalue weighted by Crippen LogP contribution is -2.33. The fourth-order valence-corrected chi connectivity index (χ4v) is 4.63. The minimum absolute atomic E-state index is 0.0509. The summed E-state index contributed by atoms with van der Waals surface area (Å²) in [6.07, 6.45) is 3.70. The van der Waals surface area contributed by atoms with Crippen LogP contribution in [0.3, 0.4) is 0 Å². The van der Waals surface area contributed by atoms with Crippen LogP contribution in [0.5, 0.6) is 5.75 Å². The highest BCUT2D eigenvalue weighted by Crippen LogP contribution is 2.41. The SMILES string of the molecule is CC(=O)c1ccc(-c2cc(Cl)c3c(c2)CC(CNC(=O)/C=C(\C)c2ccccn2)O3)s1. The van der Waals surface area contributed by atoms with Gasteiger partial charge in [0.25, 0.3) is 0 Å². The lowest BCUT2D eigenvalue weighted by molar-refractivity contribution is -0.116. The Hall–Kier alpha value is -2.96. The minimum atomic E-state index is -0.190. The van der Waals surface area contributed by atoms with E-state index in [1.54, 1.807) is 19.2 Å². The molecule has 1 atom stereocenters. The molecule has 3 aromatic rings. The Morgan fingerprint density at radius 2 is 2.10 bits per heavy atom. The molecule has 2 aromatic heterocycles. The number of carbonyl (C=O) groups excluding carboxylic acids is 2. The molecular formula is C24H21ClN2O3S. The first-order valence-electron chi connectivity index (χ1n) is 9.88. The maximum absolute atomic E-state index is 12.3. The molecule has 3 heterocycles. The summed E-state index contributed by atoms with van der Waals surface area (Å²) in [7, 11) is 0. The van der Waals surface area contributed by atoms with Crippen molar-refractivity contribution < 1.29 is 14.3 Å². The van der Waals surface area contributed by atoms with Crippen LogP contribution in [0, 0.1) is 0 Å². The van der Waals surface area contributed by atoms with Crippen LogP contribution in [0.25, 0.3) is 16.0 Å². The van der Waals surface area contributed by atoms with E-state index in [0.29, 0.717) is 23.7 Å². The zero-order valence-corrected chi connectivity index (χ0v) is 18.7. The van der Waals surface area contributed by atoms with Crippen LogP contribution in [-0.2, 0) is 11.2 Å². The Bertz CT molecular complexity index is 1170. The molecule has 0 radical (unpaired) electrons. The van der Waals surface area contributed by atoms with Crippen molar-refractivity contribution in [3.05, 3.63) is 75.9 Å². The summed E-state index contributed by atoms with van der Waals surface area (Å²) in [5, 5.41) is 3.43. The van der Waals surface area contributed by atoms with Crippen molar-refractivity contribution in [3.63, 3.8) is 0 Å². The van der Waals surface area contributed by atoms with Gasteiger partial charge in [0.05, 0.1) is 22.1 Å². The van der Waals surface area contributed by atoms with E-state index in [0.717, 1.165) is 32.1 Å². The number of amides is 1. The van der Waals surface area contributed by atoms with Crippen LogP contribution < -0.4 is 10.1 Å². The van der Waals surface area contributed by atoms with Gasteiger partial charge < -0.3 is 10.1 Å². The first-order valence-corrected chi connectivity index (χ1v) is 11.1. The van der Waals surface area contributed by atoms with Crippen molar-refractivity contribution in [3.8, 4) is 16.2 Å². The van der Waals surface area contributed by atoms with Gasteiger partial charge in [-0.05, 0) is 61.4 Å². The highest BCUT2D eigenvalue weighted by atomic mass is 35.5. The third-order valence-corrected chi connectivity index (χ3v) is 6.53. The van der Waals surface area contributed by atoms with Crippen molar-refractivity contribution in [1.29, 1.82) is 0 Å². The number of ketones is 1. The molecule has 1 aromatic carbocycles. The summed E-state index contributed by atoms with van der Waals surface area (Å²) in [6.45, 7) is 3.79. The highest BCUT2D eigenvalue weighted by molar-refractivity contribution is 7.17. The third-order valence-electron chi connectivity index (χ3n) is 5.01. The second kappa shape index (κ2) is 9.04. The molecule has 0 saturated heterocycles. The molecule has 1 N–H and O–H groups in total. The fraction of sp³-hybridized carbons (Fsp3) is 0.208. The van der Waals surface area contributed by atoms with E-state index in [2.05, 4.69) is 10.3 Å². The Morgan fingerprint density at radius 1 is 1.26 bits per heavy atom. The lowest BCUT2D eigenvalue weighted by Gasteiger charge is -2.11. The number of aromatic nitrogens is 1. The molecule has 0 bridgehead atoms. The van der Waals surface area contributed by atoms with Gasteiger partial charge in [0.15, 0.2) is 5.78 Å². The van der Waals surface area contributed by atoms with Gasteiger partial charge in [0.2, 0.25) is 5.91 Å². The fourth-order valence-electron chi connectivity index (χ4n) is 3.46. The number of hydrogen-bond acceptors (Lipinski definition) is 5. The van der Waals surface area contributed by atoms with Gasteiger partial charge in [-0.2, -0.15) is 0 Å². The predicted octanol–water partition coefficient (Wildman–Crippen LogP) is 5.19. The van der Waals surface area contributed by atoms with E-state index in [1.165, 1.54) is 11.3 Å². The van der Waals surface area contributed by atoms with E-state index >= 15 is 0 Å². The molecule has 0 saturated carbocycles. The number of nitrogens with one attached hydrogen (secondary N) is 1. The Labute approximate surface area is 189 Å². The van der Waals surface area contributed by atoms with Crippen LogP contribution in [0.1, 0.15) is 34.8 Å². The molecule has 0 fully saturated rings. The molecule has 1 aliphatic rings. The van der Waals surface area contributed by atoms with Crippen molar-refractivity contribution in [2.75, 3.05) is 6.54 Å². The zero-order chi connectivity index (χ0) is 22.0. The number of thiophene rings is 1. The number of carbonyl (C=O) groups is 2. The van der Waals surface area contributed by atoms with E-state index in [-0.39, 0.29) is 17.8 Å². The molecule has 5 nitrogen and oxygen atoms in total. The van der Waals surface area contributed by atoms with Crippen LogP contribution in [0.15, 0.2) is 54.7 Å². The average molecular weight is 453 g/mol. The number of ether oxygens (including phenoxy) is 1. The van der Waals surface area contributed by atoms with Gasteiger partial charge >= 0.3 is 0 Å². The van der Waals surface area contributed by atoms with Crippen LogP contribution >= 0.6 is 22.9 Å². The maximum Gasteiger partial charge on any atom is 0.244 e. The molecule has 1 amide bonds. The number of fused-ring (bicyclic) bond motifs is 1. The van der Waals surface area contributed by atoms with Gasteiger partial charge in [0.1, 0.15) is 11.9 Å². The van der Waals surface area contributed by atoms with Gasteiger partial charge in [-0.25, -0.2) is 0 Å². The molecule has 158 valence electrons. The van der Waals surface area contributed by atoms with E-state index in [9.17, 15) is 9.59 Å². The quantitative estimate of drug-likeness (QED) is 0.413. The first-order chi connectivity index (χ1) is 14.9. The molecule has 4 rings (SSSR count).